The third-order valence-electron chi connectivity index (χ3n) is 4.45. The van der Waals surface area contributed by atoms with Crippen LogP contribution < -0.4 is 15.0 Å². The van der Waals surface area contributed by atoms with E-state index < -0.39 is 0 Å². The van der Waals surface area contributed by atoms with Crippen molar-refractivity contribution >= 4 is 5.91 Å². The summed E-state index contributed by atoms with van der Waals surface area (Å²) >= 11 is 0. The van der Waals surface area contributed by atoms with Gasteiger partial charge in [0.2, 0.25) is 12.7 Å². The lowest BCUT2D eigenvalue weighted by Gasteiger charge is -2.14. The van der Waals surface area contributed by atoms with Gasteiger partial charge >= 0.3 is 0 Å². The number of aryl methyl sites for hydroxylation is 1. The van der Waals surface area contributed by atoms with Crippen LogP contribution in [0.5, 0.6) is 11.5 Å². The highest BCUT2D eigenvalue weighted by molar-refractivity contribution is 5.76. The Morgan fingerprint density at radius 2 is 1.96 bits per heavy atom. The number of ether oxygens (including phenoxy) is 2. The molecule has 8 heteroatoms. The number of nitrogens with zero attached hydrogens (tertiary/aromatic N) is 3. The van der Waals surface area contributed by atoms with Crippen LogP contribution in [0.3, 0.4) is 0 Å². The highest BCUT2D eigenvalue weighted by Gasteiger charge is 2.19. The second-order valence-electron chi connectivity index (χ2n) is 6.11. The van der Waals surface area contributed by atoms with Crippen molar-refractivity contribution in [1.82, 2.24) is 20.1 Å². The number of amides is 1. The topological polar surface area (TPSA) is 97.4 Å². The Balaban J connectivity index is 1.47. The summed E-state index contributed by atoms with van der Waals surface area (Å²) in [5, 5.41) is 8.09. The predicted molar refractivity (Wildman–Crippen MR) is 88.3 cm³/mol. The molecule has 130 valence electrons. The number of likely N-dealkylation sites (tertiary alicyclic amines) is 1. The van der Waals surface area contributed by atoms with Gasteiger partial charge in [0, 0.05) is 31.5 Å². The molecule has 0 radical (unpaired) electrons. The Morgan fingerprint density at radius 1 is 1.16 bits per heavy atom. The van der Waals surface area contributed by atoms with E-state index >= 15 is 0 Å². The third kappa shape index (κ3) is 3.19. The molecule has 4 rings (SSSR count). The van der Waals surface area contributed by atoms with Crippen LogP contribution in [-0.2, 0) is 11.2 Å². The van der Waals surface area contributed by atoms with Crippen molar-refractivity contribution in [3.8, 4) is 22.9 Å². The molecule has 1 saturated heterocycles. The molecule has 3 heterocycles. The highest BCUT2D eigenvalue weighted by Crippen LogP contribution is 2.34. The smallest absolute Gasteiger partial charge is 0.273 e. The second-order valence-corrected chi connectivity index (χ2v) is 6.11. The molecule has 8 nitrogen and oxygen atoms in total. The number of rotatable bonds is 4. The van der Waals surface area contributed by atoms with Gasteiger partial charge in [0.15, 0.2) is 17.3 Å². The van der Waals surface area contributed by atoms with E-state index in [1.807, 2.05) is 4.90 Å². The molecule has 0 spiro atoms. The Bertz CT molecular complexity index is 858. The van der Waals surface area contributed by atoms with E-state index in [1.165, 1.54) is 0 Å². The maximum absolute atomic E-state index is 12.2. The molecule has 2 aromatic rings. The number of benzene rings is 1. The number of hydrogen-bond donors (Lipinski definition) is 1. The largest absolute Gasteiger partial charge is 0.454 e. The Kier molecular flexibility index (Phi) is 4.09. The minimum Gasteiger partial charge on any atom is -0.454 e. The maximum Gasteiger partial charge on any atom is 0.273 e. The van der Waals surface area contributed by atoms with Crippen LogP contribution in [0.4, 0.5) is 0 Å². The first kappa shape index (κ1) is 15.6. The number of fused-ring (bicyclic) bond motifs is 1. The van der Waals surface area contributed by atoms with Crippen molar-refractivity contribution in [3.05, 3.63) is 34.2 Å². The van der Waals surface area contributed by atoms with Gasteiger partial charge in [-0.2, -0.15) is 0 Å². The molecule has 0 saturated carbocycles. The van der Waals surface area contributed by atoms with Gasteiger partial charge in [-0.05, 0) is 31.0 Å². The molecule has 1 N–H and O–H groups in total. The average molecular weight is 342 g/mol. The van der Waals surface area contributed by atoms with Gasteiger partial charge in [-0.15, -0.1) is 10.2 Å². The van der Waals surface area contributed by atoms with Crippen molar-refractivity contribution in [3.63, 3.8) is 0 Å². The zero-order chi connectivity index (χ0) is 17.2. The highest BCUT2D eigenvalue weighted by atomic mass is 16.7. The molecule has 0 unspecified atom stereocenters. The lowest BCUT2D eigenvalue weighted by molar-refractivity contribution is -0.130. The second kappa shape index (κ2) is 6.54. The zero-order valence-corrected chi connectivity index (χ0v) is 13.7. The van der Waals surface area contributed by atoms with Gasteiger partial charge in [0.05, 0.1) is 0 Å². The molecule has 1 amide bonds. The molecule has 0 atom stereocenters. The van der Waals surface area contributed by atoms with Gasteiger partial charge < -0.3 is 19.4 Å². The monoisotopic (exact) mass is 342 g/mol. The first-order valence-corrected chi connectivity index (χ1v) is 8.34. The minimum atomic E-state index is -0.322. The Labute approximate surface area is 143 Å². The predicted octanol–water partition coefficient (Wildman–Crippen LogP) is 1.12. The van der Waals surface area contributed by atoms with Crippen molar-refractivity contribution < 1.29 is 14.3 Å². The molecular formula is C17H18N4O4. The Morgan fingerprint density at radius 3 is 2.76 bits per heavy atom. The number of H-pyrrole nitrogens is 1. The van der Waals surface area contributed by atoms with Crippen LogP contribution in [0.1, 0.15) is 25.0 Å². The summed E-state index contributed by atoms with van der Waals surface area (Å²) in [4.78, 5) is 28.9. The lowest BCUT2D eigenvalue weighted by Crippen LogP contribution is -2.28. The van der Waals surface area contributed by atoms with Crippen molar-refractivity contribution in [2.24, 2.45) is 0 Å². The summed E-state index contributed by atoms with van der Waals surface area (Å²) in [6.45, 7) is 1.80. The van der Waals surface area contributed by atoms with Crippen molar-refractivity contribution in [1.29, 1.82) is 0 Å². The summed E-state index contributed by atoms with van der Waals surface area (Å²) in [6, 6.07) is 5.29. The van der Waals surface area contributed by atoms with E-state index in [0.717, 1.165) is 25.9 Å². The molecule has 1 fully saturated rings. The molecule has 2 aliphatic rings. The summed E-state index contributed by atoms with van der Waals surface area (Å²) in [6.07, 6.45) is 2.67. The van der Waals surface area contributed by atoms with Gasteiger partial charge in [0.1, 0.15) is 5.69 Å². The van der Waals surface area contributed by atoms with E-state index in [9.17, 15) is 9.59 Å². The Hall–Kier alpha value is -2.90. The van der Waals surface area contributed by atoms with E-state index in [-0.39, 0.29) is 30.4 Å². The fourth-order valence-electron chi connectivity index (χ4n) is 3.05. The van der Waals surface area contributed by atoms with Crippen LogP contribution in [0.15, 0.2) is 23.0 Å². The number of carbonyl (C=O) groups is 1. The average Bonchev–Trinajstić information content (AvgIpc) is 3.31. The zero-order valence-electron chi connectivity index (χ0n) is 13.7. The first-order valence-electron chi connectivity index (χ1n) is 8.34. The standard InChI is InChI=1S/C17H18N4O4/c22-15(21-7-1-2-8-21)6-4-12-17(23)18-16(20-19-12)11-3-5-13-14(9-11)25-10-24-13/h3,5,9H,1-2,4,6-8,10H2,(H,18,20,23). The van der Waals surface area contributed by atoms with Crippen LogP contribution >= 0.6 is 0 Å². The first-order chi connectivity index (χ1) is 12.2. The summed E-state index contributed by atoms with van der Waals surface area (Å²) in [5.74, 6) is 1.70. The number of aromatic amines is 1. The minimum absolute atomic E-state index is 0.0681. The molecule has 1 aromatic carbocycles. The maximum atomic E-state index is 12.2. The molecule has 0 aliphatic carbocycles. The SMILES string of the molecule is O=C(CCc1nnc(-c2ccc3c(c2)OCO3)[nH]c1=O)N1CCCC1. The van der Waals surface area contributed by atoms with E-state index in [4.69, 9.17) is 9.47 Å². The fraction of sp³-hybridized carbons (Fsp3) is 0.412. The number of aromatic nitrogens is 3. The van der Waals surface area contributed by atoms with Crippen LogP contribution in [-0.4, -0.2) is 45.9 Å². The normalized spacial score (nSPS) is 15.6. The third-order valence-corrected chi connectivity index (χ3v) is 4.45. The summed E-state index contributed by atoms with van der Waals surface area (Å²) in [7, 11) is 0. The molecular weight excluding hydrogens is 324 g/mol. The van der Waals surface area contributed by atoms with Crippen LogP contribution in [0.25, 0.3) is 11.4 Å². The van der Waals surface area contributed by atoms with Gasteiger partial charge in [-0.1, -0.05) is 0 Å². The van der Waals surface area contributed by atoms with Gasteiger partial charge in [0.25, 0.3) is 5.56 Å². The van der Waals surface area contributed by atoms with E-state index in [2.05, 4.69) is 15.2 Å². The summed E-state index contributed by atoms with van der Waals surface area (Å²) < 4.78 is 10.6. The lowest BCUT2D eigenvalue weighted by atomic mass is 10.2. The number of nitrogens with one attached hydrogen (secondary N) is 1. The van der Waals surface area contributed by atoms with Crippen LogP contribution in [0.2, 0.25) is 0 Å². The quantitative estimate of drug-likeness (QED) is 0.894. The number of hydrogen-bond acceptors (Lipinski definition) is 6. The van der Waals surface area contributed by atoms with Gasteiger partial charge in [-0.25, -0.2) is 0 Å². The number of carbonyl (C=O) groups excluding carboxylic acids is 1. The van der Waals surface area contributed by atoms with Gasteiger partial charge in [-0.3, -0.25) is 9.59 Å². The van der Waals surface area contributed by atoms with E-state index in [0.29, 0.717) is 29.3 Å². The molecule has 1 aromatic heterocycles. The molecule has 25 heavy (non-hydrogen) atoms. The summed E-state index contributed by atoms with van der Waals surface area (Å²) in [5.41, 5.74) is 0.641. The van der Waals surface area contributed by atoms with Crippen LogP contribution in [0, 0.1) is 0 Å². The fourth-order valence-corrected chi connectivity index (χ4v) is 3.05. The van der Waals surface area contributed by atoms with Crippen molar-refractivity contribution in [2.45, 2.75) is 25.7 Å². The van der Waals surface area contributed by atoms with E-state index in [1.54, 1.807) is 18.2 Å². The molecule has 0 bridgehead atoms. The molecule has 2 aliphatic heterocycles. The van der Waals surface area contributed by atoms with Crippen molar-refractivity contribution in [2.75, 3.05) is 19.9 Å².